The molecule has 2 N–H and O–H groups in total. The van der Waals surface area contributed by atoms with Crippen molar-refractivity contribution >= 4 is 9.84 Å². The van der Waals surface area contributed by atoms with Gasteiger partial charge in [0.05, 0.1) is 11.5 Å². The fourth-order valence-electron chi connectivity index (χ4n) is 2.45. The van der Waals surface area contributed by atoms with Crippen LogP contribution in [0.25, 0.3) is 0 Å². The van der Waals surface area contributed by atoms with Crippen LogP contribution in [0.1, 0.15) is 35.1 Å². The molecule has 1 atom stereocenters. The molecule has 2 rings (SSSR count). The molecule has 6 heteroatoms. The summed E-state index contributed by atoms with van der Waals surface area (Å²) in [5, 5.41) is 0. The first-order valence-corrected chi connectivity index (χ1v) is 7.99. The van der Waals surface area contributed by atoms with Crippen molar-refractivity contribution in [3.63, 3.8) is 0 Å². The fourth-order valence-corrected chi connectivity index (χ4v) is 4.19. The third kappa shape index (κ3) is 2.70. The van der Waals surface area contributed by atoms with Gasteiger partial charge in [0.2, 0.25) is 0 Å². The van der Waals surface area contributed by atoms with E-state index in [1.54, 1.807) is 0 Å². The van der Waals surface area contributed by atoms with Crippen LogP contribution in [0.3, 0.4) is 0 Å². The van der Waals surface area contributed by atoms with Crippen LogP contribution >= 0.6 is 0 Å². The molecule has 1 aromatic rings. The van der Waals surface area contributed by atoms with E-state index in [4.69, 9.17) is 5.73 Å². The summed E-state index contributed by atoms with van der Waals surface area (Å²) in [5.74, 6) is 1.07. The lowest BCUT2D eigenvalue weighted by Gasteiger charge is -2.12. The Balaban J connectivity index is 2.31. The third-order valence-corrected chi connectivity index (χ3v) is 5.20. The van der Waals surface area contributed by atoms with E-state index in [2.05, 4.69) is 9.97 Å². The first-order chi connectivity index (χ1) is 8.43. The van der Waals surface area contributed by atoms with Crippen LogP contribution in [0.15, 0.2) is 0 Å². The van der Waals surface area contributed by atoms with Crippen LogP contribution in [0.2, 0.25) is 0 Å². The Labute approximate surface area is 108 Å². The van der Waals surface area contributed by atoms with E-state index >= 15 is 0 Å². The van der Waals surface area contributed by atoms with Gasteiger partial charge in [-0.3, -0.25) is 0 Å². The second-order valence-electron chi connectivity index (χ2n) is 4.87. The van der Waals surface area contributed by atoms with Crippen LogP contribution in [0, 0.1) is 13.8 Å². The van der Waals surface area contributed by atoms with Crippen molar-refractivity contribution in [2.24, 2.45) is 5.73 Å². The summed E-state index contributed by atoms with van der Waals surface area (Å²) in [5.41, 5.74) is 8.49. The summed E-state index contributed by atoms with van der Waals surface area (Å²) >= 11 is 0. The second kappa shape index (κ2) is 4.93. The lowest BCUT2D eigenvalue weighted by Crippen LogP contribution is -2.13. The van der Waals surface area contributed by atoms with Crippen LogP contribution in [0.5, 0.6) is 0 Å². The zero-order valence-corrected chi connectivity index (χ0v) is 11.6. The largest absolute Gasteiger partial charge is 0.330 e. The van der Waals surface area contributed by atoms with Gasteiger partial charge in [-0.25, -0.2) is 18.4 Å². The minimum atomic E-state index is -2.89. The summed E-state index contributed by atoms with van der Waals surface area (Å²) in [4.78, 5) is 8.94. The summed E-state index contributed by atoms with van der Waals surface area (Å²) < 4.78 is 23.0. The number of nitrogens with two attached hydrogens (primary N) is 1. The molecule has 0 aromatic carbocycles. The van der Waals surface area contributed by atoms with E-state index in [0.717, 1.165) is 23.4 Å². The normalized spacial score (nSPS) is 22.3. The maximum atomic E-state index is 11.5. The van der Waals surface area contributed by atoms with Crippen molar-refractivity contribution in [3.8, 4) is 0 Å². The Morgan fingerprint density at radius 3 is 2.33 bits per heavy atom. The Bertz CT molecular complexity index is 531. The van der Waals surface area contributed by atoms with Crippen molar-refractivity contribution in [1.29, 1.82) is 0 Å². The predicted octanol–water partition coefficient (Wildman–Crippen LogP) is 0.497. The monoisotopic (exact) mass is 269 g/mol. The lowest BCUT2D eigenvalue weighted by atomic mass is 10.1. The van der Waals surface area contributed by atoms with Crippen LogP contribution < -0.4 is 5.73 Å². The van der Waals surface area contributed by atoms with Gasteiger partial charge in [-0.05, 0) is 38.8 Å². The van der Waals surface area contributed by atoms with E-state index in [0.29, 0.717) is 18.8 Å². The Kier molecular flexibility index (Phi) is 3.68. The summed E-state index contributed by atoms with van der Waals surface area (Å²) in [6.45, 7) is 4.45. The Hall–Kier alpha value is -1.01. The molecule has 1 saturated heterocycles. The van der Waals surface area contributed by atoms with Gasteiger partial charge in [0.15, 0.2) is 9.84 Å². The molecule has 1 unspecified atom stereocenters. The van der Waals surface area contributed by atoms with Gasteiger partial charge in [0.1, 0.15) is 5.82 Å². The molecule has 2 heterocycles. The standard InChI is InChI=1S/C12H19N3O2S/c1-8-11(3-5-13)9(2)15-12(14-8)10-4-6-18(16,17)7-10/h10H,3-7,13H2,1-2H3. The van der Waals surface area contributed by atoms with Crippen molar-refractivity contribution < 1.29 is 8.42 Å². The van der Waals surface area contributed by atoms with E-state index in [-0.39, 0.29) is 17.4 Å². The van der Waals surface area contributed by atoms with Crippen LogP contribution in [0.4, 0.5) is 0 Å². The highest BCUT2D eigenvalue weighted by Crippen LogP contribution is 2.27. The molecule has 0 radical (unpaired) electrons. The topological polar surface area (TPSA) is 85.9 Å². The van der Waals surface area contributed by atoms with Gasteiger partial charge < -0.3 is 5.73 Å². The number of nitrogens with zero attached hydrogens (tertiary/aromatic N) is 2. The van der Waals surface area contributed by atoms with Gasteiger partial charge in [-0.2, -0.15) is 0 Å². The van der Waals surface area contributed by atoms with E-state index in [9.17, 15) is 8.42 Å². The molecule has 1 aliphatic rings. The number of hydrogen-bond donors (Lipinski definition) is 1. The number of aryl methyl sites for hydroxylation is 2. The van der Waals surface area contributed by atoms with Crippen LogP contribution in [-0.4, -0.2) is 36.4 Å². The van der Waals surface area contributed by atoms with Gasteiger partial charge in [0, 0.05) is 17.3 Å². The molecule has 1 fully saturated rings. The van der Waals surface area contributed by atoms with Gasteiger partial charge >= 0.3 is 0 Å². The molecule has 0 spiro atoms. The molecule has 5 nitrogen and oxygen atoms in total. The maximum absolute atomic E-state index is 11.5. The molecule has 18 heavy (non-hydrogen) atoms. The van der Waals surface area contributed by atoms with Gasteiger partial charge in [0.25, 0.3) is 0 Å². The quantitative estimate of drug-likeness (QED) is 0.863. The molecule has 1 aliphatic heterocycles. The molecule has 0 amide bonds. The van der Waals surface area contributed by atoms with Crippen molar-refractivity contribution in [2.45, 2.75) is 32.6 Å². The fraction of sp³-hybridized carbons (Fsp3) is 0.667. The molecular weight excluding hydrogens is 250 g/mol. The highest BCUT2D eigenvalue weighted by molar-refractivity contribution is 7.91. The van der Waals surface area contributed by atoms with Crippen molar-refractivity contribution in [2.75, 3.05) is 18.1 Å². The highest BCUT2D eigenvalue weighted by atomic mass is 32.2. The van der Waals surface area contributed by atoms with Crippen LogP contribution in [-0.2, 0) is 16.3 Å². The molecule has 1 aromatic heterocycles. The lowest BCUT2D eigenvalue weighted by molar-refractivity contribution is 0.601. The molecule has 100 valence electrons. The SMILES string of the molecule is Cc1nc(C2CCS(=O)(=O)C2)nc(C)c1CCN. The second-order valence-corrected chi connectivity index (χ2v) is 7.10. The Morgan fingerprint density at radius 2 is 1.89 bits per heavy atom. The van der Waals surface area contributed by atoms with E-state index in [1.807, 2.05) is 13.8 Å². The first kappa shape index (κ1) is 13.4. The maximum Gasteiger partial charge on any atom is 0.151 e. The number of hydrogen-bond acceptors (Lipinski definition) is 5. The number of sulfone groups is 1. The minimum absolute atomic E-state index is 0.0423. The molecule has 0 aliphatic carbocycles. The summed E-state index contributed by atoms with van der Waals surface area (Å²) in [6.07, 6.45) is 1.40. The zero-order chi connectivity index (χ0) is 13.3. The average Bonchev–Trinajstić information content (AvgIpc) is 2.64. The summed E-state index contributed by atoms with van der Waals surface area (Å²) in [6, 6.07) is 0. The number of aromatic nitrogens is 2. The minimum Gasteiger partial charge on any atom is -0.330 e. The van der Waals surface area contributed by atoms with Gasteiger partial charge in [-0.1, -0.05) is 0 Å². The zero-order valence-electron chi connectivity index (χ0n) is 10.8. The summed E-state index contributed by atoms with van der Waals surface area (Å²) in [7, 11) is -2.89. The first-order valence-electron chi connectivity index (χ1n) is 6.17. The van der Waals surface area contributed by atoms with Crippen molar-refractivity contribution in [1.82, 2.24) is 9.97 Å². The third-order valence-electron chi connectivity index (χ3n) is 3.43. The number of rotatable bonds is 3. The molecular formula is C12H19N3O2S. The van der Waals surface area contributed by atoms with Crippen molar-refractivity contribution in [3.05, 3.63) is 22.8 Å². The average molecular weight is 269 g/mol. The Morgan fingerprint density at radius 1 is 1.28 bits per heavy atom. The molecule has 0 bridgehead atoms. The van der Waals surface area contributed by atoms with E-state index < -0.39 is 9.84 Å². The van der Waals surface area contributed by atoms with Gasteiger partial charge in [-0.15, -0.1) is 0 Å². The smallest absolute Gasteiger partial charge is 0.151 e. The van der Waals surface area contributed by atoms with E-state index in [1.165, 1.54) is 0 Å². The predicted molar refractivity (Wildman–Crippen MR) is 70.3 cm³/mol. The highest BCUT2D eigenvalue weighted by Gasteiger charge is 2.31. The molecule has 0 saturated carbocycles.